The van der Waals surface area contributed by atoms with Crippen LogP contribution in [0.3, 0.4) is 0 Å². The lowest BCUT2D eigenvalue weighted by atomic mass is 10.2. The molecule has 1 aliphatic heterocycles. The number of carbonyl (C=O) groups is 1. The van der Waals surface area contributed by atoms with Crippen LogP contribution in [0.25, 0.3) is 0 Å². The fourth-order valence-electron chi connectivity index (χ4n) is 1.24. The Bertz CT molecular complexity index is 327. The summed E-state index contributed by atoms with van der Waals surface area (Å²) in [4.78, 5) is 16.4. The molecule has 0 aliphatic carbocycles. The van der Waals surface area contributed by atoms with E-state index in [1.54, 1.807) is 7.05 Å². The van der Waals surface area contributed by atoms with E-state index in [0.717, 1.165) is 23.6 Å². The van der Waals surface area contributed by atoms with Gasteiger partial charge in [-0.05, 0) is 0 Å². The Morgan fingerprint density at radius 3 is 3.21 bits per heavy atom. The van der Waals surface area contributed by atoms with Gasteiger partial charge >= 0.3 is 6.03 Å². The number of thiazole rings is 1. The third kappa shape index (κ3) is 1.85. The van der Waals surface area contributed by atoms with Crippen molar-refractivity contribution in [1.29, 1.82) is 0 Å². The molecule has 0 bridgehead atoms. The van der Waals surface area contributed by atoms with Crippen LogP contribution in [-0.2, 0) is 17.8 Å². The molecule has 0 radical (unpaired) electrons. The molecule has 1 aliphatic rings. The molecule has 2 N–H and O–H groups in total. The minimum Gasteiger partial charge on any atom is -0.375 e. The highest BCUT2D eigenvalue weighted by Crippen LogP contribution is 2.26. The number of hydrogen-bond acceptors (Lipinski definition) is 4. The van der Waals surface area contributed by atoms with Crippen molar-refractivity contribution in [3.63, 3.8) is 0 Å². The van der Waals surface area contributed by atoms with Gasteiger partial charge in [0.15, 0.2) is 5.13 Å². The van der Waals surface area contributed by atoms with Gasteiger partial charge in [-0.2, -0.15) is 0 Å². The molecule has 0 unspecified atom stereocenters. The van der Waals surface area contributed by atoms with E-state index in [0.29, 0.717) is 11.7 Å². The maximum Gasteiger partial charge on any atom is 0.320 e. The van der Waals surface area contributed by atoms with Crippen molar-refractivity contribution in [1.82, 2.24) is 10.3 Å². The molecule has 76 valence electrons. The van der Waals surface area contributed by atoms with Crippen LogP contribution in [0.2, 0.25) is 0 Å². The van der Waals surface area contributed by atoms with Gasteiger partial charge in [0.25, 0.3) is 0 Å². The number of nitrogens with one attached hydrogen (secondary N) is 2. The van der Waals surface area contributed by atoms with Gasteiger partial charge < -0.3 is 10.1 Å². The summed E-state index contributed by atoms with van der Waals surface area (Å²) in [5, 5.41) is 5.77. The Labute approximate surface area is 85.5 Å². The van der Waals surface area contributed by atoms with E-state index in [-0.39, 0.29) is 6.03 Å². The second kappa shape index (κ2) is 3.93. The second-order valence-electron chi connectivity index (χ2n) is 2.90. The first-order valence-corrected chi connectivity index (χ1v) is 5.16. The Hall–Kier alpha value is -1.14. The number of nitrogens with zero attached hydrogens (tertiary/aromatic N) is 1. The van der Waals surface area contributed by atoms with E-state index in [1.807, 2.05) is 0 Å². The quantitative estimate of drug-likeness (QED) is 0.730. The molecular formula is C8H11N3O2S. The van der Waals surface area contributed by atoms with Crippen LogP contribution in [0.1, 0.15) is 10.6 Å². The van der Waals surface area contributed by atoms with Crippen LogP contribution < -0.4 is 10.6 Å². The number of amides is 2. The number of hydrogen-bond donors (Lipinski definition) is 2. The number of ether oxygens (including phenoxy) is 1. The summed E-state index contributed by atoms with van der Waals surface area (Å²) in [6.45, 7) is 1.33. The average Bonchev–Trinajstić information content (AvgIpc) is 2.59. The molecule has 1 aromatic rings. The Morgan fingerprint density at radius 2 is 2.50 bits per heavy atom. The van der Waals surface area contributed by atoms with Gasteiger partial charge in [-0.1, -0.05) is 11.3 Å². The van der Waals surface area contributed by atoms with E-state index < -0.39 is 0 Å². The number of anilines is 1. The molecule has 1 aromatic heterocycles. The SMILES string of the molecule is CNC(=O)Nc1nc2c(s1)COCC2. The third-order valence-electron chi connectivity index (χ3n) is 1.94. The van der Waals surface area contributed by atoms with Gasteiger partial charge in [-0.3, -0.25) is 5.32 Å². The molecule has 14 heavy (non-hydrogen) atoms. The van der Waals surface area contributed by atoms with E-state index in [9.17, 15) is 4.79 Å². The highest BCUT2D eigenvalue weighted by molar-refractivity contribution is 7.15. The van der Waals surface area contributed by atoms with Gasteiger partial charge in [0.05, 0.1) is 23.8 Å². The number of aromatic nitrogens is 1. The summed E-state index contributed by atoms with van der Waals surface area (Å²) in [6.07, 6.45) is 0.835. The smallest absolute Gasteiger partial charge is 0.320 e. The van der Waals surface area contributed by atoms with Crippen LogP contribution >= 0.6 is 11.3 Å². The van der Waals surface area contributed by atoms with Crippen LogP contribution in [-0.4, -0.2) is 24.7 Å². The highest BCUT2D eigenvalue weighted by Gasteiger charge is 2.16. The van der Waals surface area contributed by atoms with Crippen molar-refractivity contribution >= 4 is 22.5 Å². The Balaban J connectivity index is 2.12. The van der Waals surface area contributed by atoms with Crippen molar-refractivity contribution < 1.29 is 9.53 Å². The zero-order chi connectivity index (χ0) is 9.97. The van der Waals surface area contributed by atoms with Crippen LogP contribution in [0.5, 0.6) is 0 Å². The lowest BCUT2D eigenvalue weighted by Gasteiger charge is -2.08. The maximum absolute atomic E-state index is 11.0. The number of carbonyl (C=O) groups excluding carboxylic acids is 1. The first kappa shape index (κ1) is 9.42. The van der Waals surface area contributed by atoms with Crippen molar-refractivity contribution in [3.05, 3.63) is 10.6 Å². The van der Waals surface area contributed by atoms with Gasteiger partial charge in [0.2, 0.25) is 0 Å². The summed E-state index contributed by atoms with van der Waals surface area (Å²) in [5.74, 6) is 0. The molecule has 0 saturated heterocycles. The summed E-state index contributed by atoms with van der Waals surface area (Å²) >= 11 is 1.47. The predicted octanol–water partition coefficient (Wildman–Crippen LogP) is 0.967. The summed E-state index contributed by atoms with van der Waals surface area (Å²) < 4.78 is 5.28. The van der Waals surface area contributed by atoms with E-state index >= 15 is 0 Å². The maximum atomic E-state index is 11.0. The van der Waals surface area contributed by atoms with Gasteiger partial charge in [0.1, 0.15) is 0 Å². The second-order valence-corrected chi connectivity index (χ2v) is 3.98. The topological polar surface area (TPSA) is 63.2 Å². The summed E-state index contributed by atoms with van der Waals surface area (Å²) in [7, 11) is 1.58. The molecule has 6 heteroatoms. The normalized spacial score (nSPS) is 14.6. The third-order valence-corrected chi connectivity index (χ3v) is 2.93. The van der Waals surface area contributed by atoms with Crippen LogP contribution in [0.4, 0.5) is 9.93 Å². The molecule has 0 fully saturated rings. The summed E-state index contributed by atoms with van der Waals surface area (Å²) in [6, 6.07) is -0.239. The molecular weight excluding hydrogens is 202 g/mol. The molecule has 2 heterocycles. The molecule has 2 rings (SSSR count). The fraction of sp³-hybridized carbons (Fsp3) is 0.500. The monoisotopic (exact) mass is 213 g/mol. The van der Waals surface area contributed by atoms with E-state index in [1.165, 1.54) is 11.3 Å². The molecule has 2 amide bonds. The minimum atomic E-state index is -0.239. The highest BCUT2D eigenvalue weighted by atomic mass is 32.1. The van der Waals surface area contributed by atoms with Gasteiger partial charge in [-0.15, -0.1) is 0 Å². The predicted molar refractivity (Wildman–Crippen MR) is 53.6 cm³/mol. The number of fused-ring (bicyclic) bond motifs is 1. The van der Waals surface area contributed by atoms with Crippen LogP contribution in [0, 0.1) is 0 Å². The molecule has 0 spiro atoms. The van der Waals surface area contributed by atoms with Crippen molar-refractivity contribution in [2.24, 2.45) is 0 Å². The van der Waals surface area contributed by atoms with Crippen molar-refractivity contribution in [2.75, 3.05) is 19.0 Å². The number of rotatable bonds is 1. The zero-order valence-corrected chi connectivity index (χ0v) is 8.61. The average molecular weight is 213 g/mol. The lowest BCUT2D eigenvalue weighted by Crippen LogP contribution is -2.24. The van der Waals surface area contributed by atoms with Gasteiger partial charge in [0, 0.05) is 13.5 Å². The Morgan fingerprint density at radius 1 is 1.64 bits per heavy atom. The zero-order valence-electron chi connectivity index (χ0n) is 7.79. The molecule has 0 saturated carbocycles. The fourth-order valence-corrected chi connectivity index (χ4v) is 2.18. The molecule has 0 atom stereocenters. The number of urea groups is 1. The largest absolute Gasteiger partial charge is 0.375 e. The summed E-state index contributed by atoms with van der Waals surface area (Å²) in [5.41, 5.74) is 1.05. The Kier molecular flexibility index (Phi) is 2.64. The van der Waals surface area contributed by atoms with Gasteiger partial charge in [-0.25, -0.2) is 9.78 Å². The first-order chi connectivity index (χ1) is 6.79. The van der Waals surface area contributed by atoms with Crippen molar-refractivity contribution in [2.45, 2.75) is 13.0 Å². The van der Waals surface area contributed by atoms with E-state index in [4.69, 9.17) is 4.74 Å². The van der Waals surface area contributed by atoms with Crippen molar-refractivity contribution in [3.8, 4) is 0 Å². The minimum absolute atomic E-state index is 0.239. The van der Waals surface area contributed by atoms with E-state index in [2.05, 4.69) is 15.6 Å². The first-order valence-electron chi connectivity index (χ1n) is 4.34. The van der Waals surface area contributed by atoms with Crippen LogP contribution in [0.15, 0.2) is 0 Å². The molecule has 5 nitrogen and oxygen atoms in total. The molecule has 0 aromatic carbocycles. The standard InChI is InChI=1S/C8H11N3O2S/c1-9-7(12)11-8-10-5-2-3-13-4-6(5)14-8/h2-4H2,1H3,(H2,9,10,11,12). The lowest BCUT2D eigenvalue weighted by molar-refractivity contribution is 0.112.